The van der Waals surface area contributed by atoms with Gasteiger partial charge >= 0.3 is 5.97 Å². The first kappa shape index (κ1) is 15.5. The molecule has 5 nitrogen and oxygen atoms in total. The Kier molecular flexibility index (Phi) is 6.01. The lowest BCUT2D eigenvalue weighted by Crippen LogP contribution is -2.37. The Balaban J connectivity index is 2.09. The highest BCUT2D eigenvalue weighted by atomic mass is 16.6. The monoisotopic (exact) mass is 284 g/mol. The van der Waals surface area contributed by atoms with Gasteiger partial charge in [0.05, 0.1) is 38.6 Å². The molecule has 0 aliphatic carbocycles. The van der Waals surface area contributed by atoms with Gasteiger partial charge in [-0.05, 0) is 26.2 Å². The molecule has 3 rings (SSSR count). The molecule has 0 N–H and O–H groups in total. The van der Waals surface area contributed by atoms with Crippen molar-refractivity contribution < 1.29 is 23.7 Å². The summed E-state index contributed by atoms with van der Waals surface area (Å²) in [5, 5.41) is 0. The Morgan fingerprint density at radius 2 is 1.95 bits per heavy atom. The Hall–Kier alpha value is -0.910. The second-order valence-electron chi connectivity index (χ2n) is 5.47. The lowest BCUT2D eigenvalue weighted by molar-refractivity contribution is -0.145. The molecular formula is C15H24O5. The number of ether oxygens (including phenoxy) is 4. The van der Waals surface area contributed by atoms with E-state index >= 15 is 0 Å². The summed E-state index contributed by atoms with van der Waals surface area (Å²) in [4.78, 5) is 12.0. The maximum atomic E-state index is 12.0. The standard InChI is InChI=1S/C15H24O5/c1-15-6-9-19-14(16)13(5-3-8-20-15)4-2-7-17-10-11-18-12-15/h4H,2-3,5-12H2,1H3. The average molecular weight is 284 g/mol. The van der Waals surface area contributed by atoms with Gasteiger partial charge in [-0.1, -0.05) is 6.08 Å². The van der Waals surface area contributed by atoms with Crippen molar-refractivity contribution in [2.24, 2.45) is 0 Å². The molecule has 3 aliphatic rings. The zero-order valence-corrected chi connectivity index (χ0v) is 12.2. The average Bonchev–Trinajstić information content (AvgIpc) is 2.43. The third-order valence-electron chi connectivity index (χ3n) is 3.60. The predicted molar refractivity (Wildman–Crippen MR) is 73.5 cm³/mol. The van der Waals surface area contributed by atoms with Crippen LogP contribution in [0.3, 0.4) is 0 Å². The van der Waals surface area contributed by atoms with E-state index in [4.69, 9.17) is 18.9 Å². The van der Waals surface area contributed by atoms with Crippen LogP contribution in [-0.4, -0.2) is 51.2 Å². The maximum Gasteiger partial charge on any atom is 0.333 e. The van der Waals surface area contributed by atoms with E-state index in [2.05, 4.69) is 0 Å². The minimum atomic E-state index is -0.397. The first-order chi connectivity index (χ1) is 9.70. The molecule has 20 heavy (non-hydrogen) atoms. The van der Waals surface area contributed by atoms with E-state index in [1.54, 1.807) is 0 Å². The van der Waals surface area contributed by atoms with Crippen LogP contribution in [0.25, 0.3) is 0 Å². The van der Waals surface area contributed by atoms with Gasteiger partial charge in [-0.2, -0.15) is 0 Å². The molecule has 0 radical (unpaired) electrons. The van der Waals surface area contributed by atoms with Gasteiger partial charge in [0.2, 0.25) is 0 Å². The number of carbonyl (C=O) groups excluding carboxylic acids is 1. The first-order valence-corrected chi connectivity index (χ1v) is 7.35. The largest absolute Gasteiger partial charge is 0.462 e. The van der Waals surface area contributed by atoms with Crippen molar-refractivity contribution in [3.05, 3.63) is 11.6 Å². The Morgan fingerprint density at radius 3 is 2.85 bits per heavy atom. The summed E-state index contributed by atoms with van der Waals surface area (Å²) in [5.41, 5.74) is 0.347. The van der Waals surface area contributed by atoms with Gasteiger partial charge in [0.15, 0.2) is 0 Å². The second-order valence-corrected chi connectivity index (χ2v) is 5.47. The summed E-state index contributed by atoms with van der Waals surface area (Å²) in [6.45, 7) is 5.25. The van der Waals surface area contributed by atoms with Gasteiger partial charge < -0.3 is 18.9 Å². The van der Waals surface area contributed by atoms with Gasteiger partial charge in [0, 0.05) is 18.6 Å². The fourth-order valence-corrected chi connectivity index (χ4v) is 2.33. The van der Waals surface area contributed by atoms with Gasteiger partial charge in [0.1, 0.15) is 0 Å². The van der Waals surface area contributed by atoms with Crippen LogP contribution < -0.4 is 0 Å². The molecule has 2 bridgehead atoms. The van der Waals surface area contributed by atoms with E-state index in [1.807, 2.05) is 13.0 Å². The summed E-state index contributed by atoms with van der Waals surface area (Å²) in [6.07, 6.45) is 4.80. The Labute approximate surface area is 120 Å². The topological polar surface area (TPSA) is 54.0 Å². The van der Waals surface area contributed by atoms with Crippen molar-refractivity contribution in [2.75, 3.05) is 39.6 Å². The van der Waals surface area contributed by atoms with Crippen LogP contribution >= 0.6 is 0 Å². The second kappa shape index (κ2) is 7.76. The smallest absolute Gasteiger partial charge is 0.333 e. The summed E-state index contributed by atoms with van der Waals surface area (Å²) in [7, 11) is 0. The minimum Gasteiger partial charge on any atom is -0.462 e. The SMILES string of the molecule is CC12CCOC(=O)C(=CCCOCCOC1)CCCO2. The quantitative estimate of drug-likeness (QED) is 0.635. The molecule has 0 amide bonds. The van der Waals surface area contributed by atoms with Crippen molar-refractivity contribution in [3.8, 4) is 0 Å². The summed E-state index contributed by atoms with van der Waals surface area (Å²) < 4.78 is 22.4. The zero-order chi connectivity index (χ0) is 14.3. The van der Waals surface area contributed by atoms with Gasteiger partial charge in [-0.3, -0.25) is 0 Å². The van der Waals surface area contributed by atoms with Crippen molar-refractivity contribution >= 4 is 5.97 Å². The van der Waals surface area contributed by atoms with E-state index in [9.17, 15) is 4.79 Å². The number of fused-ring (bicyclic) bond motifs is 13. The summed E-state index contributed by atoms with van der Waals surface area (Å²) >= 11 is 0. The molecule has 3 heterocycles. The van der Waals surface area contributed by atoms with Gasteiger partial charge in [0.25, 0.3) is 0 Å². The van der Waals surface area contributed by atoms with E-state index in [0.29, 0.717) is 52.5 Å². The molecule has 1 atom stereocenters. The normalized spacial score (nSPS) is 30.6. The van der Waals surface area contributed by atoms with E-state index in [1.165, 1.54) is 0 Å². The van der Waals surface area contributed by atoms with Crippen LogP contribution in [0.4, 0.5) is 0 Å². The fraction of sp³-hybridized carbons (Fsp3) is 0.800. The lowest BCUT2D eigenvalue weighted by atomic mass is 10.0. The third-order valence-corrected chi connectivity index (χ3v) is 3.60. The van der Waals surface area contributed by atoms with E-state index in [-0.39, 0.29) is 5.97 Å². The molecule has 0 saturated carbocycles. The molecule has 114 valence electrons. The van der Waals surface area contributed by atoms with Gasteiger partial charge in [-0.25, -0.2) is 4.79 Å². The molecule has 1 fully saturated rings. The summed E-state index contributed by atoms with van der Waals surface area (Å²) in [5.74, 6) is -0.202. The molecule has 1 unspecified atom stereocenters. The minimum absolute atomic E-state index is 0.202. The van der Waals surface area contributed by atoms with E-state index < -0.39 is 5.60 Å². The molecule has 0 spiro atoms. The molecule has 0 aromatic rings. The van der Waals surface area contributed by atoms with Crippen molar-refractivity contribution in [1.29, 1.82) is 0 Å². The first-order valence-electron chi connectivity index (χ1n) is 7.35. The van der Waals surface area contributed by atoms with E-state index in [0.717, 1.165) is 18.4 Å². The number of esters is 1. The van der Waals surface area contributed by atoms with Crippen molar-refractivity contribution in [1.82, 2.24) is 0 Å². The van der Waals surface area contributed by atoms with Gasteiger partial charge in [-0.15, -0.1) is 0 Å². The fourth-order valence-electron chi connectivity index (χ4n) is 2.33. The number of carbonyl (C=O) groups is 1. The van der Waals surface area contributed by atoms with Crippen LogP contribution in [0.5, 0.6) is 0 Å². The predicted octanol–water partition coefficient (Wildman–Crippen LogP) is 1.85. The highest BCUT2D eigenvalue weighted by Gasteiger charge is 2.27. The molecule has 3 aliphatic heterocycles. The third kappa shape index (κ3) is 4.89. The molecular weight excluding hydrogens is 260 g/mol. The van der Waals surface area contributed by atoms with Crippen LogP contribution in [-0.2, 0) is 23.7 Å². The highest BCUT2D eigenvalue weighted by Crippen LogP contribution is 2.21. The zero-order valence-electron chi connectivity index (χ0n) is 12.2. The Bertz CT molecular complexity index is 352. The summed E-state index contributed by atoms with van der Waals surface area (Å²) in [6, 6.07) is 0. The van der Waals surface area contributed by atoms with Crippen molar-refractivity contribution in [2.45, 2.75) is 38.2 Å². The van der Waals surface area contributed by atoms with Crippen LogP contribution in [0.2, 0.25) is 0 Å². The maximum absolute atomic E-state index is 12.0. The molecule has 0 aromatic heterocycles. The number of hydrogen-bond acceptors (Lipinski definition) is 5. The van der Waals surface area contributed by atoms with Crippen LogP contribution in [0.1, 0.15) is 32.6 Å². The van der Waals surface area contributed by atoms with Crippen LogP contribution in [0.15, 0.2) is 11.6 Å². The highest BCUT2D eigenvalue weighted by molar-refractivity contribution is 5.88. The number of rotatable bonds is 0. The Morgan fingerprint density at radius 1 is 1.10 bits per heavy atom. The van der Waals surface area contributed by atoms with Crippen molar-refractivity contribution in [3.63, 3.8) is 0 Å². The number of hydrogen-bond donors (Lipinski definition) is 0. The van der Waals surface area contributed by atoms with Crippen LogP contribution in [0, 0.1) is 0 Å². The lowest BCUT2D eigenvalue weighted by Gasteiger charge is -2.30. The molecule has 1 saturated heterocycles. The molecule has 5 heteroatoms. The molecule has 0 aromatic carbocycles.